The molecule has 0 heterocycles. The van der Waals surface area contributed by atoms with Crippen LogP contribution in [0.3, 0.4) is 0 Å². The van der Waals surface area contributed by atoms with Gasteiger partial charge in [0.25, 0.3) is 0 Å². The van der Waals surface area contributed by atoms with Crippen LogP contribution in [-0.2, 0) is 4.74 Å². The summed E-state index contributed by atoms with van der Waals surface area (Å²) >= 11 is 0. The smallest absolute Gasteiger partial charge is 0.408 e. The Labute approximate surface area is 103 Å². The second-order valence-corrected chi connectivity index (χ2v) is 5.51. The predicted molar refractivity (Wildman–Crippen MR) is 65.4 cm³/mol. The van der Waals surface area contributed by atoms with E-state index in [0.717, 1.165) is 12.8 Å². The fraction of sp³-hybridized carbons (Fsp3) is 0.769. The van der Waals surface area contributed by atoms with Crippen LogP contribution in [-0.4, -0.2) is 28.4 Å². The lowest BCUT2D eigenvalue weighted by Gasteiger charge is -2.36. The van der Waals surface area contributed by atoms with Crippen molar-refractivity contribution in [3.05, 3.63) is 0 Å². The van der Waals surface area contributed by atoms with Crippen molar-refractivity contribution in [2.45, 2.75) is 63.7 Å². The van der Waals surface area contributed by atoms with Crippen LogP contribution in [0.25, 0.3) is 0 Å². The van der Waals surface area contributed by atoms with Crippen molar-refractivity contribution in [1.82, 2.24) is 5.32 Å². The number of amides is 1. The van der Waals surface area contributed by atoms with Gasteiger partial charge in [-0.3, -0.25) is 0 Å². The second-order valence-electron chi connectivity index (χ2n) is 5.51. The summed E-state index contributed by atoms with van der Waals surface area (Å²) in [4.78, 5) is 11.6. The highest BCUT2D eigenvalue weighted by Crippen LogP contribution is 2.28. The van der Waals surface area contributed by atoms with E-state index in [0.29, 0.717) is 12.8 Å². The van der Waals surface area contributed by atoms with Crippen molar-refractivity contribution in [2.75, 3.05) is 0 Å². The fourth-order valence-corrected chi connectivity index (χ4v) is 1.97. The molecule has 0 aliphatic heterocycles. The van der Waals surface area contributed by atoms with E-state index in [1.54, 1.807) is 20.8 Å². The van der Waals surface area contributed by atoms with E-state index in [2.05, 4.69) is 11.2 Å². The molecule has 0 aromatic rings. The molecule has 1 rings (SSSR count). The lowest BCUT2D eigenvalue weighted by atomic mass is 9.81. The summed E-state index contributed by atoms with van der Waals surface area (Å²) in [5.74, 6) is 2.38. The first kappa shape index (κ1) is 13.9. The molecule has 1 fully saturated rings. The van der Waals surface area contributed by atoms with E-state index >= 15 is 0 Å². The molecule has 4 nitrogen and oxygen atoms in total. The van der Waals surface area contributed by atoms with Crippen molar-refractivity contribution < 1.29 is 14.6 Å². The second kappa shape index (κ2) is 4.97. The van der Waals surface area contributed by atoms with Gasteiger partial charge in [-0.15, -0.1) is 6.42 Å². The van der Waals surface area contributed by atoms with Crippen molar-refractivity contribution >= 4 is 6.09 Å². The molecule has 1 aliphatic rings. The summed E-state index contributed by atoms with van der Waals surface area (Å²) in [6, 6.07) is -0.420. The zero-order chi connectivity index (χ0) is 13.1. The van der Waals surface area contributed by atoms with Crippen LogP contribution in [0.4, 0.5) is 4.79 Å². The summed E-state index contributed by atoms with van der Waals surface area (Å²) in [6.07, 6.45) is 7.84. The Bertz CT molecular complexity index is 327. The summed E-state index contributed by atoms with van der Waals surface area (Å²) in [6.45, 7) is 5.38. The third-order valence-electron chi connectivity index (χ3n) is 2.82. The van der Waals surface area contributed by atoms with E-state index in [1.807, 2.05) is 0 Å². The van der Waals surface area contributed by atoms with Gasteiger partial charge in [0.1, 0.15) is 11.2 Å². The first-order valence-corrected chi connectivity index (χ1v) is 5.96. The minimum absolute atomic E-state index is 0.420. The van der Waals surface area contributed by atoms with E-state index < -0.39 is 23.3 Å². The Morgan fingerprint density at radius 2 is 2.18 bits per heavy atom. The SMILES string of the molecule is C#CC1(O)CCCCC1NC(=O)OC(C)(C)C. The third-order valence-corrected chi connectivity index (χ3v) is 2.82. The molecule has 0 radical (unpaired) electrons. The molecular formula is C13H21NO3. The molecule has 2 atom stereocenters. The number of rotatable bonds is 1. The molecule has 4 heteroatoms. The minimum atomic E-state index is -1.24. The van der Waals surface area contributed by atoms with Crippen LogP contribution in [0, 0.1) is 12.3 Å². The van der Waals surface area contributed by atoms with Gasteiger partial charge in [-0.05, 0) is 40.0 Å². The molecule has 2 N–H and O–H groups in total. The normalized spacial score (nSPS) is 29.2. The Hall–Kier alpha value is -1.21. The number of alkyl carbamates (subject to hydrolysis) is 1. The Balaban J connectivity index is 2.61. The molecule has 1 aliphatic carbocycles. The maximum absolute atomic E-state index is 11.6. The number of ether oxygens (including phenoxy) is 1. The predicted octanol–water partition coefficient (Wildman–Crippen LogP) is 1.82. The summed E-state index contributed by atoms with van der Waals surface area (Å²) in [5, 5.41) is 12.8. The van der Waals surface area contributed by atoms with Crippen molar-refractivity contribution in [1.29, 1.82) is 0 Å². The number of hydrogen-bond acceptors (Lipinski definition) is 3. The number of terminal acetylenes is 1. The van der Waals surface area contributed by atoms with Gasteiger partial charge in [0, 0.05) is 0 Å². The van der Waals surface area contributed by atoms with Crippen molar-refractivity contribution in [3.8, 4) is 12.3 Å². The molecule has 0 aromatic heterocycles. The van der Waals surface area contributed by atoms with E-state index in [4.69, 9.17) is 11.2 Å². The lowest BCUT2D eigenvalue weighted by molar-refractivity contribution is 0.00983. The van der Waals surface area contributed by atoms with E-state index in [9.17, 15) is 9.90 Å². The van der Waals surface area contributed by atoms with Gasteiger partial charge >= 0.3 is 6.09 Å². The highest BCUT2D eigenvalue weighted by molar-refractivity contribution is 5.68. The number of aliphatic hydroxyl groups is 1. The van der Waals surface area contributed by atoms with Crippen LogP contribution in [0.1, 0.15) is 46.5 Å². The third kappa shape index (κ3) is 3.94. The maximum atomic E-state index is 11.6. The molecule has 17 heavy (non-hydrogen) atoms. The van der Waals surface area contributed by atoms with Crippen LogP contribution in [0.5, 0.6) is 0 Å². The molecule has 1 saturated carbocycles. The molecular weight excluding hydrogens is 218 g/mol. The van der Waals surface area contributed by atoms with Gasteiger partial charge in [-0.1, -0.05) is 12.3 Å². The minimum Gasteiger partial charge on any atom is -0.444 e. The number of carbonyl (C=O) groups excluding carboxylic acids is 1. The van der Waals surface area contributed by atoms with Gasteiger partial charge < -0.3 is 15.2 Å². The molecule has 0 spiro atoms. The largest absolute Gasteiger partial charge is 0.444 e. The van der Waals surface area contributed by atoms with Gasteiger partial charge in [0.2, 0.25) is 0 Å². The average Bonchev–Trinajstić information content (AvgIpc) is 2.19. The molecule has 0 saturated heterocycles. The number of carbonyl (C=O) groups is 1. The Morgan fingerprint density at radius 1 is 1.53 bits per heavy atom. The number of hydrogen-bond donors (Lipinski definition) is 2. The molecule has 0 bridgehead atoms. The Kier molecular flexibility index (Phi) is 4.05. The van der Waals surface area contributed by atoms with Gasteiger partial charge in [-0.2, -0.15) is 0 Å². The van der Waals surface area contributed by atoms with E-state index in [-0.39, 0.29) is 0 Å². The average molecular weight is 239 g/mol. The van der Waals surface area contributed by atoms with Crippen LogP contribution in [0.2, 0.25) is 0 Å². The van der Waals surface area contributed by atoms with Gasteiger partial charge in [0.15, 0.2) is 0 Å². The monoisotopic (exact) mass is 239 g/mol. The molecule has 96 valence electrons. The topological polar surface area (TPSA) is 58.6 Å². The quantitative estimate of drug-likeness (QED) is 0.686. The molecule has 0 aromatic carbocycles. The van der Waals surface area contributed by atoms with Crippen LogP contribution < -0.4 is 5.32 Å². The van der Waals surface area contributed by atoms with Crippen molar-refractivity contribution in [3.63, 3.8) is 0 Å². The summed E-state index contributed by atoms with van der Waals surface area (Å²) < 4.78 is 5.15. The zero-order valence-electron chi connectivity index (χ0n) is 10.7. The zero-order valence-corrected chi connectivity index (χ0v) is 10.7. The number of nitrogens with one attached hydrogen (secondary N) is 1. The van der Waals surface area contributed by atoms with Gasteiger partial charge in [0.05, 0.1) is 6.04 Å². The first-order valence-electron chi connectivity index (χ1n) is 5.96. The molecule has 2 unspecified atom stereocenters. The fourth-order valence-electron chi connectivity index (χ4n) is 1.97. The lowest BCUT2D eigenvalue weighted by Crippen LogP contribution is -2.54. The summed E-state index contributed by atoms with van der Waals surface area (Å²) in [5.41, 5.74) is -1.79. The van der Waals surface area contributed by atoms with Gasteiger partial charge in [-0.25, -0.2) is 4.79 Å². The highest BCUT2D eigenvalue weighted by atomic mass is 16.6. The summed E-state index contributed by atoms with van der Waals surface area (Å²) in [7, 11) is 0. The Morgan fingerprint density at radius 3 is 2.71 bits per heavy atom. The first-order chi connectivity index (χ1) is 7.77. The molecule has 1 amide bonds. The van der Waals surface area contributed by atoms with E-state index in [1.165, 1.54) is 0 Å². The van der Waals surface area contributed by atoms with Crippen molar-refractivity contribution in [2.24, 2.45) is 0 Å². The highest BCUT2D eigenvalue weighted by Gasteiger charge is 2.38. The van der Waals surface area contributed by atoms with Crippen LogP contribution >= 0.6 is 0 Å². The standard InChI is InChI=1S/C13H21NO3/c1-5-13(16)9-7-6-8-10(13)14-11(15)17-12(2,3)4/h1,10,16H,6-9H2,2-4H3,(H,14,15). The van der Waals surface area contributed by atoms with Crippen LogP contribution in [0.15, 0.2) is 0 Å². The maximum Gasteiger partial charge on any atom is 0.408 e.